The van der Waals surface area contributed by atoms with Crippen LogP contribution in [0.3, 0.4) is 0 Å². The average Bonchev–Trinajstić information content (AvgIpc) is 2.91. The van der Waals surface area contributed by atoms with E-state index in [-0.39, 0.29) is 0 Å². The molecule has 0 atom stereocenters. The van der Waals surface area contributed by atoms with Crippen LogP contribution in [0.2, 0.25) is 0 Å². The van der Waals surface area contributed by atoms with Crippen molar-refractivity contribution in [2.75, 3.05) is 5.32 Å². The molecule has 1 N–H and O–H groups in total. The number of fused-ring (bicyclic) bond motifs is 1. The molecule has 0 saturated carbocycles. The second-order valence-corrected chi connectivity index (χ2v) is 3.73. The molecule has 3 rings (SSSR count). The maximum absolute atomic E-state index is 5.09. The molecule has 0 aliphatic heterocycles. The van der Waals surface area contributed by atoms with Crippen LogP contribution in [0.15, 0.2) is 35.0 Å². The fourth-order valence-electron chi connectivity index (χ4n) is 1.57. The highest BCUT2D eigenvalue weighted by Gasteiger charge is 2.04. The molecule has 0 bridgehead atoms. The minimum absolute atomic E-state index is 0.526. The monoisotopic (exact) mass is 229 g/mol. The summed E-state index contributed by atoms with van der Waals surface area (Å²) in [6.45, 7) is 2.41. The van der Waals surface area contributed by atoms with Gasteiger partial charge in [0.15, 0.2) is 11.4 Å². The highest BCUT2D eigenvalue weighted by atomic mass is 16.5. The zero-order valence-corrected chi connectivity index (χ0v) is 9.29. The predicted octanol–water partition coefficient (Wildman–Crippen LogP) is 1.64. The molecule has 0 fully saturated rings. The Balaban J connectivity index is 1.76. The molecule has 3 aromatic rings. The highest BCUT2D eigenvalue weighted by molar-refractivity contribution is 5.42. The second kappa shape index (κ2) is 3.89. The summed E-state index contributed by atoms with van der Waals surface area (Å²) >= 11 is 0. The summed E-state index contributed by atoms with van der Waals surface area (Å²) < 4.78 is 6.80. The molecule has 0 saturated heterocycles. The number of aryl methyl sites for hydroxylation is 1. The van der Waals surface area contributed by atoms with Crippen LogP contribution in [0.5, 0.6) is 0 Å². The van der Waals surface area contributed by atoms with Gasteiger partial charge in [-0.15, -0.1) is 5.10 Å². The van der Waals surface area contributed by atoms with Crippen LogP contribution in [0.4, 0.5) is 5.95 Å². The Hall–Kier alpha value is -2.37. The third-order valence-corrected chi connectivity index (χ3v) is 2.34. The summed E-state index contributed by atoms with van der Waals surface area (Å²) in [5.41, 5.74) is 1.67. The minimum Gasteiger partial charge on any atom is -0.359 e. The van der Waals surface area contributed by atoms with Crippen LogP contribution in [-0.2, 0) is 6.54 Å². The fraction of sp³-hybridized carbons (Fsp3) is 0.182. The van der Waals surface area contributed by atoms with Crippen LogP contribution in [0.25, 0.3) is 5.65 Å². The molecule has 0 unspecified atom stereocenters. The first-order valence-corrected chi connectivity index (χ1v) is 5.29. The van der Waals surface area contributed by atoms with E-state index in [1.165, 1.54) is 0 Å². The van der Waals surface area contributed by atoms with Crippen molar-refractivity contribution in [1.82, 2.24) is 19.8 Å². The van der Waals surface area contributed by atoms with Crippen molar-refractivity contribution in [2.24, 2.45) is 0 Å². The molecule has 0 aromatic carbocycles. The van der Waals surface area contributed by atoms with Crippen LogP contribution >= 0.6 is 0 Å². The summed E-state index contributed by atoms with van der Waals surface area (Å²) in [6.07, 6.45) is 1.85. The van der Waals surface area contributed by atoms with Gasteiger partial charge in [-0.05, 0) is 19.1 Å². The maximum atomic E-state index is 5.09. The number of hydrogen-bond donors (Lipinski definition) is 1. The summed E-state index contributed by atoms with van der Waals surface area (Å²) in [7, 11) is 0. The van der Waals surface area contributed by atoms with Crippen molar-refractivity contribution in [3.8, 4) is 0 Å². The van der Waals surface area contributed by atoms with Crippen LogP contribution in [0.1, 0.15) is 11.5 Å². The number of aromatic nitrogens is 4. The zero-order valence-electron chi connectivity index (χ0n) is 9.29. The van der Waals surface area contributed by atoms with Crippen molar-refractivity contribution in [3.63, 3.8) is 0 Å². The van der Waals surface area contributed by atoms with Crippen LogP contribution in [0, 0.1) is 6.92 Å². The van der Waals surface area contributed by atoms with Crippen molar-refractivity contribution in [2.45, 2.75) is 13.5 Å². The number of pyridine rings is 1. The summed E-state index contributed by atoms with van der Waals surface area (Å²) in [5, 5.41) is 11.2. The number of nitrogens with one attached hydrogen (secondary N) is 1. The van der Waals surface area contributed by atoms with E-state index in [9.17, 15) is 0 Å². The average molecular weight is 229 g/mol. The van der Waals surface area contributed by atoms with E-state index in [1.807, 2.05) is 37.4 Å². The minimum atomic E-state index is 0.526. The Kier molecular flexibility index (Phi) is 2.25. The third kappa shape index (κ3) is 1.96. The van der Waals surface area contributed by atoms with E-state index in [0.717, 1.165) is 17.1 Å². The van der Waals surface area contributed by atoms with Gasteiger partial charge in [-0.3, -0.25) is 0 Å². The molecular formula is C11H11N5O. The number of anilines is 1. The topological polar surface area (TPSA) is 68.2 Å². The SMILES string of the molecule is Cc1cc(CNc2nc3ccccn3n2)on1. The van der Waals surface area contributed by atoms with Gasteiger partial charge in [0.1, 0.15) is 0 Å². The Bertz CT molecular complexity index is 609. The molecule has 6 nitrogen and oxygen atoms in total. The van der Waals surface area contributed by atoms with Gasteiger partial charge in [-0.25, -0.2) is 4.52 Å². The highest BCUT2D eigenvalue weighted by Crippen LogP contribution is 2.07. The van der Waals surface area contributed by atoms with Gasteiger partial charge in [0.2, 0.25) is 5.95 Å². The Morgan fingerprint density at radius 2 is 2.35 bits per heavy atom. The van der Waals surface area contributed by atoms with Gasteiger partial charge in [0.25, 0.3) is 0 Å². The summed E-state index contributed by atoms with van der Waals surface area (Å²) in [6, 6.07) is 7.61. The molecule has 0 amide bonds. The van der Waals surface area contributed by atoms with E-state index < -0.39 is 0 Å². The van der Waals surface area contributed by atoms with E-state index in [0.29, 0.717) is 12.5 Å². The largest absolute Gasteiger partial charge is 0.359 e. The zero-order chi connectivity index (χ0) is 11.7. The second-order valence-electron chi connectivity index (χ2n) is 3.73. The predicted molar refractivity (Wildman–Crippen MR) is 61.6 cm³/mol. The van der Waals surface area contributed by atoms with E-state index in [4.69, 9.17) is 4.52 Å². The Labute approximate surface area is 97.3 Å². The van der Waals surface area contributed by atoms with Gasteiger partial charge in [-0.1, -0.05) is 11.2 Å². The lowest BCUT2D eigenvalue weighted by molar-refractivity contribution is 0.384. The lowest BCUT2D eigenvalue weighted by Gasteiger charge is -1.95. The molecule has 86 valence electrons. The molecular weight excluding hydrogens is 218 g/mol. The van der Waals surface area contributed by atoms with Crippen molar-refractivity contribution in [3.05, 3.63) is 41.9 Å². The molecule has 0 aliphatic rings. The van der Waals surface area contributed by atoms with E-state index in [2.05, 4.69) is 20.6 Å². The molecule has 0 aliphatic carbocycles. The first kappa shape index (κ1) is 9.83. The lowest BCUT2D eigenvalue weighted by Crippen LogP contribution is -2.00. The molecule has 3 aromatic heterocycles. The number of nitrogens with zero attached hydrogens (tertiary/aromatic N) is 4. The van der Waals surface area contributed by atoms with Crippen LogP contribution < -0.4 is 5.32 Å². The Morgan fingerprint density at radius 3 is 3.12 bits per heavy atom. The normalized spacial score (nSPS) is 10.9. The summed E-state index contributed by atoms with van der Waals surface area (Å²) in [5.74, 6) is 1.34. The fourth-order valence-corrected chi connectivity index (χ4v) is 1.57. The van der Waals surface area contributed by atoms with Gasteiger partial charge in [-0.2, -0.15) is 4.98 Å². The van der Waals surface area contributed by atoms with Crippen molar-refractivity contribution in [1.29, 1.82) is 0 Å². The summed E-state index contributed by atoms with van der Waals surface area (Å²) in [4.78, 5) is 4.31. The first-order chi connectivity index (χ1) is 8.31. The molecule has 0 spiro atoms. The van der Waals surface area contributed by atoms with Gasteiger partial charge in [0, 0.05) is 12.3 Å². The van der Waals surface area contributed by atoms with Gasteiger partial charge >= 0.3 is 0 Å². The van der Waals surface area contributed by atoms with Crippen LogP contribution in [-0.4, -0.2) is 19.8 Å². The standard InChI is InChI=1S/C11H11N5O/c1-8-6-9(17-15-8)7-12-11-13-10-4-2-3-5-16(10)14-11/h2-6H,7H2,1H3,(H,12,14). The molecule has 3 heterocycles. The van der Waals surface area contributed by atoms with Gasteiger partial charge < -0.3 is 9.84 Å². The number of rotatable bonds is 3. The third-order valence-electron chi connectivity index (χ3n) is 2.34. The molecule has 6 heteroatoms. The quantitative estimate of drug-likeness (QED) is 0.739. The first-order valence-electron chi connectivity index (χ1n) is 5.29. The number of hydrogen-bond acceptors (Lipinski definition) is 5. The van der Waals surface area contributed by atoms with Crippen molar-refractivity contribution >= 4 is 11.6 Å². The van der Waals surface area contributed by atoms with Gasteiger partial charge in [0.05, 0.1) is 12.2 Å². The maximum Gasteiger partial charge on any atom is 0.243 e. The lowest BCUT2D eigenvalue weighted by atomic mass is 10.4. The molecule has 17 heavy (non-hydrogen) atoms. The molecule has 0 radical (unpaired) electrons. The smallest absolute Gasteiger partial charge is 0.243 e. The van der Waals surface area contributed by atoms with E-state index in [1.54, 1.807) is 4.52 Å². The van der Waals surface area contributed by atoms with E-state index >= 15 is 0 Å². The van der Waals surface area contributed by atoms with Crippen molar-refractivity contribution < 1.29 is 4.52 Å². The Morgan fingerprint density at radius 1 is 1.41 bits per heavy atom.